The number of unbranched alkanes of at least 4 members (excludes halogenated alkanes) is 1. The molecule has 0 radical (unpaired) electrons. The van der Waals surface area contributed by atoms with E-state index in [0.717, 1.165) is 19.1 Å². The number of piperidine rings is 1. The Morgan fingerprint density at radius 1 is 1.50 bits per heavy atom. The van der Waals surface area contributed by atoms with Crippen LogP contribution in [0.1, 0.15) is 39.0 Å². The first-order chi connectivity index (χ1) is 8.35. The average molecular weight is 279 g/mol. The Hall–Kier alpha value is -0.820. The molecular weight excluding hydrogens is 258 g/mol. The van der Waals surface area contributed by atoms with Crippen LogP contribution in [0.15, 0.2) is 0 Å². The molecule has 6 nitrogen and oxygen atoms in total. The van der Waals surface area contributed by atoms with Crippen LogP contribution in [0.25, 0.3) is 0 Å². The smallest absolute Gasteiger partial charge is 0.407 e. The fraction of sp³-hybridized carbons (Fsp3) is 0.909. The normalized spacial score (nSPS) is 25.1. The Balaban J connectivity index is 2.81. The zero-order valence-electron chi connectivity index (χ0n) is 10.8. The molecule has 7 heteroatoms. The topological polar surface area (TPSA) is 83.9 Å². The van der Waals surface area contributed by atoms with Gasteiger partial charge < -0.3 is 10.0 Å². The standard InChI is InChI=1S/C11H21NO5S/c1-3-4-6-9-10(17-18(2,15)16)7-5-8-12(9)11(13)14/h9-10H,3-8H2,1-2H3,(H,13,14). The maximum absolute atomic E-state index is 11.2. The van der Waals surface area contributed by atoms with Crippen molar-refractivity contribution in [3.8, 4) is 0 Å². The molecule has 0 spiro atoms. The summed E-state index contributed by atoms with van der Waals surface area (Å²) in [5.74, 6) is 0. The highest BCUT2D eigenvalue weighted by Gasteiger charge is 2.36. The minimum absolute atomic E-state index is 0.356. The molecule has 18 heavy (non-hydrogen) atoms. The quantitative estimate of drug-likeness (QED) is 0.774. The summed E-state index contributed by atoms with van der Waals surface area (Å²) in [5.41, 5.74) is 0. The van der Waals surface area contributed by atoms with E-state index in [1.165, 1.54) is 4.90 Å². The van der Waals surface area contributed by atoms with Crippen molar-refractivity contribution < 1.29 is 22.5 Å². The zero-order valence-corrected chi connectivity index (χ0v) is 11.6. The van der Waals surface area contributed by atoms with Gasteiger partial charge in [0, 0.05) is 6.54 Å². The summed E-state index contributed by atoms with van der Waals surface area (Å²) in [6, 6.07) is -0.356. The van der Waals surface area contributed by atoms with Crippen molar-refractivity contribution in [2.45, 2.75) is 51.2 Å². The van der Waals surface area contributed by atoms with Crippen molar-refractivity contribution in [1.82, 2.24) is 4.90 Å². The van der Waals surface area contributed by atoms with Crippen LogP contribution in [-0.2, 0) is 14.3 Å². The molecule has 2 unspecified atom stereocenters. The van der Waals surface area contributed by atoms with Crippen LogP contribution in [0.5, 0.6) is 0 Å². The minimum atomic E-state index is -3.55. The average Bonchev–Trinajstić information content (AvgIpc) is 2.24. The molecule has 1 saturated heterocycles. The lowest BCUT2D eigenvalue weighted by molar-refractivity contribution is 0.0291. The van der Waals surface area contributed by atoms with Crippen molar-refractivity contribution in [3.05, 3.63) is 0 Å². The minimum Gasteiger partial charge on any atom is -0.465 e. The number of hydrogen-bond acceptors (Lipinski definition) is 4. The van der Waals surface area contributed by atoms with Crippen LogP contribution in [-0.4, -0.2) is 49.5 Å². The molecule has 1 amide bonds. The predicted octanol–water partition coefficient (Wildman–Crippen LogP) is 1.66. The van der Waals surface area contributed by atoms with E-state index >= 15 is 0 Å². The number of carbonyl (C=O) groups is 1. The molecule has 2 atom stereocenters. The Morgan fingerprint density at radius 3 is 2.67 bits per heavy atom. The lowest BCUT2D eigenvalue weighted by atomic mass is 9.95. The summed E-state index contributed by atoms with van der Waals surface area (Å²) >= 11 is 0. The van der Waals surface area contributed by atoms with Gasteiger partial charge in [-0.25, -0.2) is 4.79 Å². The van der Waals surface area contributed by atoms with Crippen molar-refractivity contribution in [3.63, 3.8) is 0 Å². The number of hydrogen-bond donors (Lipinski definition) is 1. The van der Waals surface area contributed by atoms with Crippen molar-refractivity contribution in [2.75, 3.05) is 12.8 Å². The van der Waals surface area contributed by atoms with Gasteiger partial charge in [0.25, 0.3) is 10.1 Å². The second kappa shape index (κ2) is 6.38. The summed E-state index contributed by atoms with van der Waals surface area (Å²) in [4.78, 5) is 12.5. The molecule has 106 valence electrons. The first-order valence-corrected chi connectivity index (χ1v) is 8.04. The second-order valence-electron chi connectivity index (χ2n) is 4.67. The third-order valence-electron chi connectivity index (χ3n) is 3.11. The van der Waals surface area contributed by atoms with Crippen molar-refractivity contribution >= 4 is 16.2 Å². The number of nitrogens with zero attached hydrogens (tertiary/aromatic N) is 1. The molecule has 1 N–H and O–H groups in total. The molecule has 0 aliphatic carbocycles. The summed E-state index contributed by atoms with van der Waals surface area (Å²) in [6.45, 7) is 2.47. The third kappa shape index (κ3) is 4.45. The van der Waals surface area contributed by atoms with Gasteiger partial charge >= 0.3 is 6.09 Å². The van der Waals surface area contributed by atoms with E-state index in [0.29, 0.717) is 25.8 Å². The van der Waals surface area contributed by atoms with Crippen LogP contribution in [0.2, 0.25) is 0 Å². The molecular formula is C11H21NO5S. The number of likely N-dealkylation sites (tertiary alicyclic amines) is 1. The van der Waals surface area contributed by atoms with E-state index < -0.39 is 22.3 Å². The van der Waals surface area contributed by atoms with E-state index in [2.05, 4.69) is 0 Å². The van der Waals surface area contributed by atoms with Gasteiger partial charge in [-0.1, -0.05) is 19.8 Å². The molecule has 0 aromatic heterocycles. The summed E-state index contributed by atoms with van der Waals surface area (Å²) in [6.07, 6.45) is 3.12. The first kappa shape index (κ1) is 15.2. The van der Waals surface area contributed by atoms with E-state index in [4.69, 9.17) is 9.29 Å². The van der Waals surface area contributed by atoms with Gasteiger partial charge in [0.05, 0.1) is 18.4 Å². The molecule has 1 fully saturated rings. The Bertz CT molecular complexity index is 381. The van der Waals surface area contributed by atoms with E-state index in [9.17, 15) is 13.2 Å². The Kier molecular flexibility index (Phi) is 5.40. The van der Waals surface area contributed by atoms with Crippen LogP contribution in [0, 0.1) is 0 Å². The molecule has 1 rings (SSSR count). The zero-order chi connectivity index (χ0) is 13.8. The lowest BCUT2D eigenvalue weighted by Crippen LogP contribution is -2.51. The molecule has 1 aliphatic rings. The molecule has 0 aromatic carbocycles. The molecule has 0 saturated carbocycles. The van der Waals surface area contributed by atoms with Gasteiger partial charge in [-0.2, -0.15) is 8.42 Å². The van der Waals surface area contributed by atoms with E-state index in [-0.39, 0.29) is 6.04 Å². The SMILES string of the molecule is CCCCC1C(OS(C)(=O)=O)CCCN1C(=O)O. The number of rotatable bonds is 5. The van der Waals surface area contributed by atoms with Gasteiger partial charge in [-0.15, -0.1) is 0 Å². The highest BCUT2D eigenvalue weighted by molar-refractivity contribution is 7.86. The second-order valence-corrected chi connectivity index (χ2v) is 6.27. The summed E-state index contributed by atoms with van der Waals surface area (Å²) in [5, 5.41) is 9.15. The maximum Gasteiger partial charge on any atom is 0.407 e. The third-order valence-corrected chi connectivity index (χ3v) is 3.71. The fourth-order valence-electron chi connectivity index (χ4n) is 2.35. The number of amides is 1. The predicted molar refractivity (Wildman–Crippen MR) is 67.0 cm³/mol. The van der Waals surface area contributed by atoms with Crippen LogP contribution in [0.4, 0.5) is 4.79 Å². The van der Waals surface area contributed by atoms with E-state index in [1.54, 1.807) is 0 Å². The van der Waals surface area contributed by atoms with Gasteiger partial charge in [-0.05, 0) is 19.3 Å². The van der Waals surface area contributed by atoms with Gasteiger partial charge in [0.2, 0.25) is 0 Å². The first-order valence-electron chi connectivity index (χ1n) is 6.23. The van der Waals surface area contributed by atoms with Gasteiger partial charge in [-0.3, -0.25) is 4.18 Å². The van der Waals surface area contributed by atoms with Crippen molar-refractivity contribution in [2.24, 2.45) is 0 Å². The Labute approximate surface area is 108 Å². The molecule has 1 aliphatic heterocycles. The van der Waals surface area contributed by atoms with Crippen LogP contribution >= 0.6 is 0 Å². The maximum atomic E-state index is 11.2. The lowest BCUT2D eigenvalue weighted by Gasteiger charge is -2.38. The van der Waals surface area contributed by atoms with E-state index in [1.807, 2.05) is 6.92 Å². The molecule has 0 aromatic rings. The van der Waals surface area contributed by atoms with Crippen LogP contribution < -0.4 is 0 Å². The van der Waals surface area contributed by atoms with Gasteiger partial charge in [0.15, 0.2) is 0 Å². The fourth-order valence-corrected chi connectivity index (χ4v) is 3.02. The van der Waals surface area contributed by atoms with Crippen molar-refractivity contribution in [1.29, 1.82) is 0 Å². The highest BCUT2D eigenvalue weighted by atomic mass is 32.2. The largest absolute Gasteiger partial charge is 0.465 e. The summed E-state index contributed by atoms with van der Waals surface area (Å²) < 4.78 is 27.5. The molecule has 0 bridgehead atoms. The van der Waals surface area contributed by atoms with Crippen LogP contribution in [0.3, 0.4) is 0 Å². The monoisotopic (exact) mass is 279 g/mol. The summed E-state index contributed by atoms with van der Waals surface area (Å²) in [7, 11) is -3.55. The number of carboxylic acid groups (broad SMARTS) is 1. The van der Waals surface area contributed by atoms with Gasteiger partial charge in [0.1, 0.15) is 0 Å². The highest BCUT2D eigenvalue weighted by Crippen LogP contribution is 2.25. The molecule has 1 heterocycles. The Morgan fingerprint density at radius 2 is 2.17 bits per heavy atom.